The third-order valence-electron chi connectivity index (χ3n) is 3.25. The SMILES string of the molecule is CN=C(NCCOCCS(C)(=O)=O)NCc1ccc(C)cc1SC.I. The normalized spacial score (nSPS) is 11.8. The first kappa shape index (κ1) is 24.5. The van der Waals surface area contributed by atoms with Crippen molar-refractivity contribution in [2.75, 3.05) is 45.1 Å². The molecule has 0 saturated carbocycles. The fraction of sp³-hybridized carbons (Fsp3) is 0.562. The number of aryl methyl sites for hydroxylation is 1. The molecular weight excluding hydrogens is 473 g/mol. The van der Waals surface area contributed by atoms with Crippen molar-refractivity contribution >= 4 is 51.5 Å². The summed E-state index contributed by atoms with van der Waals surface area (Å²) in [5, 5.41) is 6.41. The molecular formula is C16H28IN3O3S2. The van der Waals surface area contributed by atoms with Crippen molar-refractivity contribution in [3.63, 3.8) is 0 Å². The number of ether oxygens (including phenoxy) is 1. The first-order valence-electron chi connectivity index (χ1n) is 7.69. The summed E-state index contributed by atoms with van der Waals surface area (Å²) < 4.78 is 27.3. The molecule has 144 valence electrons. The van der Waals surface area contributed by atoms with Crippen LogP contribution < -0.4 is 10.6 Å². The van der Waals surface area contributed by atoms with Gasteiger partial charge < -0.3 is 15.4 Å². The van der Waals surface area contributed by atoms with Gasteiger partial charge in [-0.15, -0.1) is 35.7 Å². The molecule has 0 unspecified atom stereocenters. The molecule has 6 nitrogen and oxygen atoms in total. The first-order valence-corrected chi connectivity index (χ1v) is 11.0. The average Bonchev–Trinajstić information content (AvgIpc) is 2.53. The number of nitrogens with zero attached hydrogens (tertiary/aromatic N) is 1. The van der Waals surface area contributed by atoms with E-state index in [0.29, 0.717) is 25.7 Å². The second-order valence-corrected chi connectivity index (χ2v) is 8.52. The standard InChI is InChI=1S/C16H27N3O3S2.HI/c1-13-5-6-14(15(11-13)23-3)12-19-16(17-2)18-7-8-22-9-10-24(4,20)21;/h5-6,11H,7-10,12H2,1-4H3,(H2,17,18,19);1H. The van der Waals surface area contributed by atoms with Gasteiger partial charge in [0.15, 0.2) is 5.96 Å². The number of rotatable bonds is 9. The van der Waals surface area contributed by atoms with Crippen LogP contribution in [0, 0.1) is 6.92 Å². The summed E-state index contributed by atoms with van der Waals surface area (Å²) in [5.74, 6) is 0.736. The fourth-order valence-electron chi connectivity index (χ4n) is 1.95. The summed E-state index contributed by atoms with van der Waals surface area (Å²) in [6.45, 7) is 3.97. The Morgan fingerprint density at radius 1 is 1.28 bits per heavy atom. The van der Waals surface area contributed by atoms with E-state index in [4.69, 9.17) is 4.74 Å². The van der Waals surface area contributed by atoms with Crippen LogP contribution in [0.5, 0.6) is 0 Å². The van der Waals surface area contributed by atoms with E-state index in [1.807, 2.05) is 0 Å². The van der Waals surface area contributed by atoms with E-state index in [0.717, 1.165) is 0 Å². The summed E-state index contributed by atoms with van der Waals surface area (Å²) in [5.41, 5.74) is 2.47. The van der Waals surface area contributed by atoms with Crippen LogP contribution in [0.2, 0.25) is 0 Å². The highest BCUT2D eigenvalue weighted by Crippen LogP contribution is 2.21. The van der Waals surface area contributed by atoms with Crippen LogP contribution in [-0.2, 0) is 21.1 Å². The van der Waals surface area contributed by atoms with E-state index in [1.165, 1.54) is 22.3 Å². The number of aliphatic imine (C=N–C) groups is 1. The van der Waals surface area contributed by atoms with Gasteiger partial charge in [-0.25, -0.2) is 8.42 Å². The number of sulfone groups is 1. The van der Waals surface area contributed by atoms with Gasteiger partial charge in [-0.2, -0.15) is 0 Å². The molecule has 0 aliphatic heterocycles. The Kier molecular flexibility index (Phi) is 12.5. The van der Waals surface area contributed by atoms with Gasteiger partial charge in [0.2, 0.25) is 0 Å². The second kappa shape index (κ2) is 12.8. The molecule has 1 aromatic rings. The Morgan fingerprint density at radius 3 is 2.60 bits per heavy atom. The lowest BCUT2D eigenvalue weighted by molar-refractivity contribution is 0.154. The lowest BCUT2D eigenvalue weighted by atomic mass is 10.1. The number of benzene rings is 1. The second-order valence-electron chi connectivity index (χ2n) is 5.41. The molecule has 0 atom stereocenters. The molecule has 0 saturated heterocycles. The van der Waals surface area contributed by atoms with E-state index >= 15 is 0 Å². The number of hydrogen-bond donors (Lipinski definition) is 2. The average molecular weight is 501 g/mol. The van der Waals surface area contributed by atoms with Gasteiger partial charge in [0, 0.05) is 31.3 Å². The van der Waals surface area contributed by atoms with E-state index in [9.17, 15) is 8.42 Å². The van der Waals surface area contributed by atoms with Crippen molar-refractivity contribution in [1.29, 1.82) is 0 Å². The first-order chi connectivity index (χ1) is 11.4. The van der Waals surface area contributed by atoms with Crippen LogP contribution in [0.15, 0.2) is 28.1 Å². The van der Waals surface area contributed by atoms with Crippen LogP contribution in [0.25, 0.3) is 0 Å². The Bertz CT molecular complexity index is 652. The largest absolute Gasteiger partial charge is 0.379 e. The summed E-state index contributed by atoms with van der Waals surface area (Å²) in [4.78, 5) is 5.42. The molecule has 9 heteroatoms. The number of nitrogens with one attached hydrogen (secondary N) is 2. The predicted octanol–water partition coefficient (Wildman–Crippen LogP) is 2.06. The molecule has 0 spiro atoms. The van der Waals surface area contributed by atoms with Crippen molar-refractivity contribution < 1.29 is 13.2 Å². The Hall–Kier alpha value is -0.520. The lowest BCUT2D eigenvalue weighted by Crippen LogP contribution is -2.38. The molecule has 0 amide bonds. The van der Waals surface area contributed by atoms with Crippen molar-refractivity contribution in [1.82, 2.24) is 10.6 Å². The molecule has 2 N–H and O–H groups in total. The van der Waals surface area contributed by atoms with E-state index in [1.54, 1.807) is 18.8 Å². The Morgan fingerprint density at radius 2 is 2.00 bits per heavy atom. The predicted molar refractivity (Wildman–Crippen MR) is 117 cm³/mol. The van der Waals surface area contributed by atoms with Gasteiger partial charge in [0.05, 0.1) is 19.0 Å². The zero-order valence-corrected chi connectivity index (χ0v) is 19.1. The summed E-state index contributed by atoms with van der Waals surface area (Å²) >= 11 is 1.73. The highest BCUT2D eigenvalue weighted by atomic mass is 127. The van der Waals surface area contributed by atoms with Gasteiger partial charge in [0.25, 0.3) is 0 Å². The highest BCUT2D eigenvalue weighted by Gasteiger charge is 2.04. The smallest absolute Gasteiger partial charge is 0.191 e. The van der Waals surface area contributed by atoms with Gasteiger partial charge in [0.1, 0.15) is 9.84 Å². The summed E-state index contributed by atoms with van der Waals surface area (Å²) in [7, 11) is -1.25. The maximum atomic E-state index is 11.0. The minimum absolute atomic E-state index is 0. The van der Waals surface area contributed by atoms with E-state index < -0.39 is 9.84 Å². The molecule has 1 rings (SSSR count). The van der Waals surface area contributed by atoms with Crippen molar-refractivity contribution in [2.45, 2.75) is 18.4 Å². The zero-order chi connectivity index (χ0) is 18.0. The van der Waals surface area contributed by atoms with Crippen LogP contribution in [0.3, 0.4) is 0 Å². The number of hydrogen-bond acceptors (Lipinski definition) is 5. The maximum absolute atomic E-state index is 11.0. The van der Waals surface area contributed by atoms with Gasteiger partial charge in [-0.3, -0.25) is 4.99 Å². The van der Waals surface area contributed by atoms with Crippen LogP contribution in [0.1, 0.15) is 11.1 Å². The highest BCUT2D eigenvalue weighted by molar-refractivity contribution is 14.0. The van der Waals surface area contributed by atoms with Crippen LogP contribution in [0.4, 0.5) is 0 Å². The third kappa shape index (κ3) is 10.9. The van der Waals surface area contributed by atoms with Crippen molar-refractivity contribution in [3.8, 4) is 0 Å². The third-order valence-corrected chi connectivity index (χ3v) is 4.98. The molecule has 0 aliphatic rings. The number of thioether (sulfide) groups is 1. The quantitative estimate of drug-likeness (QED) is 0.177. The summed E-state index contributed by atoms with van der Waals surface area (Å²) in [6.07, 6.45) is 3.27. The number of guanidine groups is 1. The molecule has 0 aliphatic carbocycles. The van der Waals surface area contributed by atoms with E-state index in [2.05, 4.69) is 47.0 Å². The van der Waals surface area contributed by atoms with E-state index in [-0.39, 0.29) is 36.3 Å². The topological polar surface area (TPSA) is 79.8 Å². The van der Waals surface area contributed by atoms with Crippen LogP contribution >= 0.6 is 35.7 Å². The number of halogens is 1. The molecule has 0 radical (unpaired) electrons. The minimum atomic E-state index is -2.96. The minimum Gasteiger partial charge on any atom is -0.379 e. The van der Waals surface area contributed by atoms with Crippen LogP contribution in [-0.4, -0.2) is 59.4 Å². The zero-order valence-electron chi connectivity index (χ0n) is 15.2. The molecule has 0 fully saturated rings. The van der Waals surface area contributed by atoms with Crippen molar-refractivity contribution in [2.24, 2.45) is 4.99 Å². The molecule has 0 bridgehead atoms. The molecule has 1 aromatic carbocycles. The molecule has 0 heterocycles. The monoisotopic (exact) mass is 501 g/mol. The Balaban J connectivity index is 0.00000576. The lowest BCUT2D eigenvalue weighted by Gasteiger charge is -2.14. The summed E-state index contributed by atoms with van der Waals surface area (Å²) in [6, 6.07) is 6.39. The van der Waals surface area contributed by atoms with Crippen molar-refractivity contribution in [3.05, 3.63) is 29.3 Å². The van der Waals surface area contributed by atoms with Gasteiger partial charge >= 0.3 is 0 Å². The fourth-order valence-corrected chi connectivity index (χ4v) is 3.08. The molecule has 0 aromatic heterocycles. The van der Waals surface area contributed by atoms with Gasteiger partial charge in [-0.1, -0.05) is 12.1 Å². The Labute approximate surface area is 172 Å². The van der Waals surface area contributed by atoms with Gasteiger partial charge in [-0.05, 0) is 30.4 Å². The molecule has 25 heavy (non-hydrogen) atoms. The maximum Gasteiger partial charge on any atom is 0.191 e.